The van der Waals surface area contributed by atoms with E-state index in [0.29, 0.717) is 0 Å². The minimum atomic E-state index is 0.774. The molecule has 2 fully saturated rings. The molecule has 0 bridgehead atoms. The lowest BCUT2D eigenvalue weighted by Gasteiger charge is -2.31. The molecule has 0 amide bonds. The van der Waals surface area contributed by atoms with Crippen LogP contribution in [0.25, 0.3) is 0 Å². The van der Waals surface area contributed by atoms with Crippen molar-refractivity contribution in [2.75, 3.05) is 40.3 Å². The zero-order chi connectivity index (χ0) is 13.7. The van der Waals surface area contributed by atoms with Crippen molar-refractivity contribution < 1.29 is 0 Å². The van der Waals surface area contributed by atoms with Crippen LogP contribution in [-0.2, 0) is 0 Å². The molecule has 3 unspecified atom stereocenters. The molecule has 1 saturated carbocycles. The molecule has 2 aliphatic rings. The number of hydrogen-bond donors (Lipinski definition) is 1. The Kier molecular flexibility index (Phi) is 6.11. The molecule has 1 saturated heterocycles. The highest BCUT2D eigenvalue weighted by molar-refractivity contribution is 4.80. The summed E-state index contributed by atoms with van der Waals surface area (Å²) in [6.45, 7) is 7.28. The van der Waals surface area contributed by atoms with Crippen LogP contribution in [0, 0.1) is 5.92 Å². The molecule has 2 rings (SSSR count). The van der Waals surface area contributed by atoms with Gasteiger partial charge >= 0.3 is 0 Å². The summed E-state index contributed by atoms with van der Waals surface area (Å²) in [6.07, 6.45) is 8.43. The summed E-state index contributed by atoms with van der Waals surface area (Å²) < 4.78 is 0. The van der Waals surface area contributed by atoms with Gasteiger partial charge in [-0.1, -0.05) is 19.8 Å². The van der Waals surface area contributed by atoms with Crippen LogP contribution in [0.2, 0.25) is 0 Å². The fourth-order valence-electron chi connectivity index (χ4n) is 3.72. The van der Waals surface area contributed by atoms with Crippen LogP contribution in [-0.4, -0.2) is 62.2 Å². The molecular weight excluding hydrogens is 234 g/mol. The molecule has 19 heavy (non-hydrogen) atoms. The molecule has 0 aromatic carbocycles. The monoisotopic (exact) mass is 267 g/mol. The fraction of sp³-hybridized carbons (Fsp3) is 1.00. The van der Waals surface area contributed by atoms with E-state index in [-0.39, 0.29) is 0 Å². The van der Waals surface area contributed by atoms with Gasteiger partial charge in [-0.2, -0.15) is 0 Å². The number of nitrogens with one attached hydrogen (secondary N) is 1. The Labute approximate surface area is 119 Å². The van der Waals surface area contributed by atoms with Gasteiger partial charge in [-0.05, 0) is 52.2 Å². The van der Waals surface area contributed by atoms with Crippen LogP contribution in [0.5, 0.6) is 0 Å². The largest absolute Gasteiger partial charge is 0.312 e. The minimum absolute atomic E-state index is 0.774. The summed E-state index contributed by atoms with van der Waals surface area (Å²) in [4.78, 5) is 5.03. The number of likely N-dealkylation sites (N-methyl/N-ethyl adjacent to an activating group) is 2. The summed E-state index contributed by atoms with van der Waals surface area (Å²) in [5.41, 5.74) is 0. The van der Waals surface area contributed by atoms with Crippen molar-refractivity contribution in [1.29, 1.82) is 0 Å². The number of likely N-dealkylation sites (tertiary alicyclic amines) is 1. The highest BCUT2D eigenvalue weighted by Gasteiger charge is 2.23. The van der Waals surface area contributed by atoms with Gasteiger partial charge in [0.15, 0.2) is 0 Å². The van der Waals surface area contributed by atoms with Crippen molar-refractivity contribution in [3.05, 3.63) is 0 Å². The predicted octanol–water partition coefficient (Wildman–Crippen LogP) is 2.18. The molecule has 0 radical (unpaired) electrons. The van der Waals surface area contributed by atoms with Crippen molar-refractivity contribution >= 4 is 0 Å². The van der Waals surface area contributed by atoms with Gasteiger partial charge in [0.2, 0.25) is 0 Å². The first-order valence-electron chi connectivity index (χ1n) is 8.29. The maximum atomic E-state index is 3.78. The Hall–Kier alpha value is -0.120. The van der Waals surface area contributed by atoms with E-state index in [4.69, 9.17) is 0 Å². The van der Waals surface area contributed by atoms with Gasteiger partial charge < -0.3 is 15.1 Å². The summed E-state index contributed by atoms with van der Waals surface area (Å²) in [7, 11) is 4.55. The normalized spacial score (nSPS) is 33.2. The maximum Gasteiger partial charge on any atom is 0.0220 e. The zero-order valence-electron chi connectivity index (χ0n) is 13.2. The van der Waals surface area contributed by atoms with E-state index in [1.54, 1.807) is 0 Å². The number of hydrogen-bond acceptors (Lipinski definition) is 3. The van der Waals surface area contributed by atoms with Crippen LogP contribution in [0.1, 0.15) is 45.4 Å². The molecule has 0 aromatic rings. The molecule has 0 aromatic heterocycles. The number of rotatable bonds is 6. The highest BCUT2D eigenvalue weighted by atomic mass is 15.2. The minimum Gasteiger partial charge on any atom is -0.312 e. The lowest BCUT2D eigenvalue weighted by molar-refractivity contribution is 0.211. The molecule has 3 atom stereocenters. The molecule has 112 valence electrons. The van der Waals surface area contributed by atoms with Gasteiger partial charge in [0.25, 0.3) is 0 Å². The van der Waals surface area contributed by atoms with Gasteiger partial charge in [0.1, 0.15) is 0 Å². The molecule has 1 heterocycles. The van der Waals surface area contributed by atoms with Crippen molar-refractivity contribution in [2.24, 2.45) is 5.92 Å². The quantitative estimate of drug-likeness (QED) is 0.796. The third-order valence-corrected chi connectivity index (χ3v) is 5.21. The second kappa shape index (κ2) is 7.61. The second-order valence-electron chi connectivity index (χ2n) is 6.86. The first kappa shape index (κ1) is 15.3. The standard InChI is InChI=1S/C16H33N3/c1-14-7-4-5-9-16(14)17-10-12-18(2)13-15-8-6-11-19(15)3/h14-17H,4-13H2,1-3H3. The third kappa shape index (κ3) is 4.73. The smallest absolute Gasteiger partial charge is 0.0220 e. The van der Waals surface area contributed by atoms with Crippen LogP contribution in [0.3, 0.4) is 0 Å². The Bertz CT molecular complexity index is 256. The van der Waals surface area contributed by atoms with E-state index in [1.165, 1.54) is 58.2 Å². The van der Waals surface area contributed by atoms with E-state index in [9.17, 15) is 0 Å². The van der Waals surface area contributed by atoms with E-state index in [0.717, 1.165) is 24.5 Å². The zero-order valence-corrected chi connectivity index (χ0v) is 13.2. The van der Waals surface area contributed by atoms with E-state index < -0.39 is 0 Å². The van der Waals surface area contributed by atoms with Crippen molar-refractivity contribution in [1.82, 2.24) is 15.1 Å². The van der Waals surface area contributed by atoms with E-state index in [1.807, 2.05) is 0 Å². The molecule has 1 aliphatic heterocycles. The average Bonchev–Trinajstić information content (AvgIpc) is 2.77. The van der Waals surface area contributed by atoms with Crippen LogP contribution < -0.4 is 5.32 Å². The highest BCUT2D eigenvalue weighted by Crippen LogP contribution is 2.23. The lowest BCUT2D eigenvalue weighted by Crippen LogP contribution is -2.43. The lowest BCUT2D eigenvalue weighted by atomic mass is 9.86. The third-order valence-electron chi connectivity index (χ3n) is 5.21. The van der Waals surface area contributed by atoms with Gasteiger partial charge in [0, 0.05) is 31.7 Å². The molecular formula is C16H33N3. The maximum absolute atomic E-state index is 3.78. The molecule has 1 N–H and O–H groups in total. The first-order valence-corrected chi connectivity index (χ1v) is 8.29. The van der Waals surface area contributed by atoms with Crippen molar-refractivity contribution in [2.45, 2.75) is 57.5 Å². The second-order valence-corrected chi connectivity index (χ2v) is 6.86. The Morgan fingerprint density at radius 2 is 1.95 bits per heavy atom. The fourth-order valence-corrected chi connectivity index (χ4v) is 3.72. The topological polar surface area (TPSA) is 18.5 Å². The van der Waals surface area contributed by atoms with Crippen molar-refractivity contribution in [3.8, 4) is 0 Å². The van der Waals surface area contributed by atoms with E-state index in [2.05, 4.69) is 36.1 Å². The van der Waals surface area contributed by atoms with Crippen LogP contribution in [0.15, 0.2) is 0 Å². The van der Waals surface area contributed by atoms with Gasteiger partial charge in [-0.25, -0.2) is 0 Å². The van der Waals surface area contributed by atoms with Gasteiger partial charge in [0.05, 0.1) is 0 Å². The molecule has 3 heteroatoms. The molecule has 0 spiro atoms. The summed E-state index contributed by atoms with van der Waals surface area (Å²) in [6, 6.07) is 1.56. The first-order chi connectivity index (χ1) is 9.16. The predicted molar refractivity (Wildman–Crippen MR) is 82.6 cm³/mol. The summed E-state index contributed by atoms with van der Waals surface area (Å²) >= 11 is 0. The SMILES string of the molecule is CC1CCCCC1NCCN(C)CC1CCCN1C. The Morgan fingerprint density at radius 3 is 2.63 bits per heavy atom. The van der Waals surface area contributed by atoms with Crippen LogP contribution >= 0.6 is 0 Å². The Balaban J connectivity index is 1.59. The van der Waals surface area contributed by atoms with Crippen LogP contribution in [0.4, 0.5) is 0 Å². The summed E-state index contributed by atoms with van der Waals surface area (Å²) in [5.74, 6) is 0.875. The number of nitrogens with zero attached hydrogens (tertiary/aromatic N) is 2. The van der Waals surface area contributed by atoms with Gasteiger partial charge in [-0.15, -0.1) is 0 Å². The Morgan fingerprint density at radius 1 is 1.16 bits per heavy atom. The molecule has 3 nitrogen and oxygen atoms in total. The van der Waals surface area contributed by atoms with Gasteiger partial charge in [-0.3, -0.25) is 0 Å². The summed E-state index contributed by atoms with van der Waals surface area (Å²) in [5, 5.41) is 3.78. The molecule has 1 aliphatic carbocycles. The van der Waals surface area contributed by atoms with E-state index >= 15 is 0 Å². The average molecular weight is 267 g/mol. The van der Waals surface area contributed by atoms with Crippen molar-refractivity contribution in [3.63, 3.8) is 0 Å².